The predicted molar refractivity (Wildman–Crippen MR) is 180 cm³/mol. The van der Waals surface area contributed by atoms with Crippen LogP contribution >= 0.6 is 0 Å². The van der Waals surface area contributed by atoms with Gasteiger partial charge in [-0.25, -0.2) is 0 Å². The van der Waals surface area contributed by atoms with Crippen LogP contribution in [0.15, 0.2) is 155 Å². The van der Waals surface area contributed by atoms with E-state index in [1.165, 1.54) is 0 Å². The Kier molecular flexibility index (Phi) is 7.39. The Labute approximate surface area is 256 Å². The lowest BCUT2D eigenvalue weighted by Crippen LogP contribution is -1.92. The molecule has 0 saturated heterocycles. The summed E-state index contributed by atoms with van der Waals surface area (Å²) in [6, 6.07) is 32.7. The van der Waals surface area contributed by atoms with E-state index >= 15 is 0 Å². The van der Waals surface area contributed by atoms with Crippen molar-refractivity contribution >= 4 is 23.6 Å². The third-order valence-corrected chi connectivity index (χ3v) is 7.24. The molecule has 3 aromatic carbocycles. The highest BCUT2D eigenvalue weighted by Gasteiger charge is 2.14. The van der Waals surface area contributed by atoms with E-state index in [1.54, 1.807) is 0 Å². The molecule has 0 bridgehead atoms. The number of rotatable bonds is 4. The van der Waals surface area contributed by atoms with Crippen LogP contribution in [-0.4, -0.2) is 22.4 Å². The van der Waals surface area contributed by atoms with Gasteiger partial charge in [0, 0.05) is 69.6 Å². The second-order valence-corrected chi connectivity index (χ2v) is 10.2. The maximum absolute atomic E-state index is 4.54. The Hall–Kier alpha value is -6.36. The standard InChI is InChI=1S/C40H26N4/c1-7-31(27-33(9-1)39(35-11-3-23-41-35)36-12-4-24-42-36)21-19-29-15-17-30(18-16-29)20-22-32-8-2-10-34(28-32)40(37-13-5-25-43-37)38-14-6-26-44-38/h1-18,23-28,41,43H/b39-36-,40-38-. The van der Waals surface area contributed by atoms with Crippen molar-refractivity contribution in [3.05, 3.63) is 190 Å². The SMILES string of the molecule is C(#Cc1cccc(/C(=C2\C=CC=N2)c2ccc[nH]2)c1)c1ccc(C#Cc2cccc(/C(=C3\C=CC=N3)c3ccc[nH]3)c2)cc1. The van der Waals surface area contributed by atoms with Crippen LogP contribution in [0.2, 0.25) is 0 Å². The van der Waals surface area contributed by atoms with Crippen molar-refractivity contribution in [1.29, 1.82) is 0 Å². The van der Waals surface area contributed by atoms with E-state index in [0.29, 0.717) is 0 Å². The molecule has 4 nitrogen and oxygen atoms in total. The highest BCUT2D eigenvalue weighted by molar-refractivity contribution is 5.89. The molecule has 4 heterocycles. The molecule has 2 aliphatic heterocycles. The number of benzene rings is 3. The van der Waals surface area contributed by atoms with E-state index < -0.39 is 0 Å². The molecule has 0 unspecified atom stereocenters. The first kappa shape index (κ1) is 26.5. The van der Waals surface area contributed by atoms with Crippen LogP contribution in [0.3, 0.4) is 0 Å². The quantitative estimate of drug-likeness (QED) is 0.209. The van der Waals surface area contributed by atoms with Crippen LogP contribution in [0.1, 0.15) is 44.8 Å². The fourth-order valence-corrected chi connectivity index (χ4v) is 5.18. The van der Waals surface area contributed by atoms with Crippen molar-refractivity contribution in [3.63, 3.8) is 0 Å². The predicted octanol–water partition coefficient (Wildman–Crippen LogP) is 7.94. The first-order chi connectivity index (χ1) is 21.8. The Morgan fingerprint density at radius 2 is 0.932 bits per heavy atom. The zero-order valence-electron chi connectivity index (χ0n) is 23.8. The summed E-state index contributed by atoms with van der Waals surface area (Å²) < 4.78 is 0. The molecule has 4 heteroatoms. The molecule has 0 fully saturated rings. The molecule has 0 amide bonds. The summed E-state index contributed by atoms with van der Waals surface area (Å²) in [6.07, 6.45) is 15.4. The highest BCUT2D eigenvalue weighted by Crippen LogP contribution is 2.30. The van der Waals surface area contributed by atoms with E-state index in [0.717, 1.165) is 67.3 Å². The maximum Gasteiger partial charge on any atom is 0.0729 e. The van der Waals surface area contributed by atoms with Gasteiger partial charge in [-0.2, -0.15) is 0 Å². The van der Waals surface area contributed by atoms with Gasteiger partial charge in [0.1, 0.15) is 0 Å². The molecule has 7 rings (SSSR count). The lowest BCUT2D eigenvalue weighted by atomic mass is 9.98. The van der Waals surface area contributed by atoms with Gasteiger partial charge in [0.2, 0.25) is 0 Å². The molecule has 0 spiro atoms. The normalized spacial score (nSPS) is 15.1. The molecular formula is C40H26N4. The Bertz CT molecular complexity index is 1960. The molecule has 2 aromatic heterocycles. The summed E-state index contributed by atoms with van der Waals surface area (Å²) >= 11 is 0. The summed E-state index contributed by atoms with van der Waals surface area (Å²) in [5.41, 5.74) is 11.9. The van der Waals surface area contributed by atoms with Gasteiger partial charge in [-0.05, 0) is 108 Å². The van der Waals surface area contributed by atoms with Gasteiger partial charge in [0.15, 0.2) is 0 Å². The van der Waals surface area contributed by atoms with E-state index in [2.05, 4.69) is 80.0 Å². The molecule has 206 valence electrons. The van der Waals surface area contributed by atoms with Crippen LogP contribution in [-0.2, 0) is 0 Å². The first-order valence-electron chi connectivity index (χ1n) is 14.3. The van der Waals surface area contributed by atoms with Gasteiger partial charge in [-0.3, -0.25) is 9.98 Å². The van der Waals surface area contributed by atoms with Crippen LogP contribution in [0.4, 0.5) is 0 Å². The lowest BCUT2D eigenvalue weighted by molar-refractivity contribution is 1.32. The first-order valence-corrected chi connectivity index (χ1v) is 14.3. The van der Waals surface area contributed by atoms with Gasteiger partial charge in [0.25, 0.3) is 0 Å². The Morgan fingerprint density at radius 3 is 1.32 bits per heavy atom. The number of nitrogens with zero attached hydrogens (tertiary/aromatic N) is 2. The van der Waals surface area contributed by atoms with Crippen molar-refractivity contribution in [2.75, 3.05) is 0 Å². The van der Waals surface area contributed by atoms with Gasteiger partial charge in [0.05, 0.1) is 11.4 Å². The Balaban J connectivity index is 1.10. The summed E-state index contributed by atoms with van der Waals surface area (Å²) in [4.78, 5) is 15.7. The topological polar surface area (TPSA) is 56.3 Å². The number of aromatic nitrogens is 2. The third kappa shape index (κ3) is 5.83. The average Bonchev–Trinajstić information content (AvgIpc) is 3.90. The number of hydrogen-bond acceptors (Lipinski definition) is 2. The summed E-state index contributed by atoms with van der Waals surface area (Å²) in [5, 5.41) is 0. The zero-order chi connectivity index (χ0) is 29.6. The molecule has 2 N–H and O–H groups in total. The highest BCUT2D eigenvalue weighted by atomic mass is 14.8. The molecule has 44 heavy (non-hydrogen) atoms. The smallest absolute Gasteiger partial charge is 0.0729 e. The van der Waals surface area contributed by atoms with Crippen LogP contribution in [0.5, 0.6) is 0 Å². The molecule has 5 aromatic rings. The minimum absolute atomic E-state index is 0.930. The Morgan fingerprint density at radius 1 is 0.477 bits per heavy atom. The van der Waals surface area contributed by atoms with Crippen LogP contribution in [0, 0.1) is 23.7 Å². The largest absolute Gasteiger partial charge is 0.361 e. The fraction of sp³-hybridized carbons (Fsp3) is 0. The molecule has 0 atom stereocenters. The molecule has 0 saturated carbocycles. The number of aromatic amines is 2. The number of H-pyrrole nitrogens is 2. The minimum Gasteiger partial charge on any atom is -0.361 e. The van der Waals surface area contributed by atoms with Crippen molar-refractivity contribution < 1.29 is 0 Å². The van der Waals surface area contributed by atoms with Crippen LogP contribution < -0.4 is 0 Å². The van der Waals surface area contributed by atoms with Gasteiger partial charge >= 0.3 is 0 Å². The maximum atomic E-state index is 4.54. The molecule has 0 radical (unpaired) electrons. The number of hydrogen-bond donors (Lipinski definition) is 2. The summed E-state index contributed by atoms with van der Waals surface area (Å²) in [5.74, 6) is 13.3. The third-order valence-electron chi connectivity index (χ3n) is 7.24. The van der Waals surface area contributed by atoms with Crippen molar-refractivity contribution in [1.82, 2.24) is 9.97 Å². The van der Waals surface area contributed by atoms with Crippen molar-refractivity contribution in [2.45, 2.75) is 0 Å². The second kappa shape index (κ2) is 12.2. The molecular weight excluding hydrogens is 536 g/mol. The van der Waals surface area contributed by atoms with Crippen molar-refractivity contribution in [3.8, 4) is 23.7 Å². The second-order valence-electron chi connectivity index (χ2n) is 10.2. The zero-order valence-corrected chi connectivity index (χ0v) is 23.8. The van der Waals surface area contributed by atoms with E-state index in [9.17, 15) is 0 Å². The van der Waals surface area contributed by atoms with E-state index in [-0.39, 0.29) is 0 Å². The van der Waals surface area contributed by atoms with Crippen LogP contribution in [0.25, 0.3) is 11.1 Å². The summed E-state index contributed by atoms with van der Waals surface area (Å²) in [7, 11) is 0. The van der Waals surface area contributed by atoms with E-state index in [4.69, 9.17) is 0 Å². The average molecular weight is 563 g/mol. The van der Waals surface area contributed by atoms with Gasteiger partial charge < -0.3 is 9.97 Å². The fourth-order valence-electron chi connectivity index (χ4n) is 5.18. The molecule has 0 aliphatic carbocycles. The summed E-state index contributed by atoms with van der Waals surface area (Å²) in [6.45, 7) is 0. The number of aliphatic imine (C=N–C) groups is 2. The van der Waals surface area contributed by atoms with Crippen molar-refractivity contribution in [2.24, 2.45) is 9.98 Å². The molecule has 2 aliphatic rings. The number of allylic oxidation sites excluding steroid dienone is 4. The van der Waals surface area contributed by atoms with E-state index in [1.807, 2.05) is 110 Å². The monoisotopic (exact) mass is 562 g/mol. The van der Waals surface area contributed by atoms with Gasteiger partial charge in [-0.15, -0.1) is 0 Å². The number of nitrogens with one attached hydrogen (secondary N) is 2. The van der Waals surface area contributed by atoms with Gasteiger partial charge in [-0.1, -0.05) is 47.9 Å². The lowest BCUT2D eigenvalue weighted by Gasteiger charge is -2.09. The minimum atomic E-state index is 0.930.